The first-order valence-electron chi connectivity index (χ1n) is 16.9. The molecule has 7 aromatic carbocycles. The second kappa shape index (κ2) is 8.26. The van der Waals surface area contributed by atoms with Crippen LogP contribution in [-0.2, 0) is 5.41 Å². The molecule has 1 aliphatic rings. The quantitative estimate of drug-likeness (QED) is 0.175. The van der Waals surface area contributed by atoms with E-state index < -0.39 is 0 Å². The van der Waals surface area contributed by atoms with Crippen LogP contribution in [0.25, 0.3) is 93.3 Å². The zero-order chi connectivity index (χ0) is 31.5. The molecule has 3 nitrogen and oxygen atoms in total. The second-order valence-corrected chi connectivity index (χ2v) is 14.2. The van der Waals surface area contributed by atoms with Crippen LogP contribution in [0.1, 0.15) is 25.0 Å². The van der Waals surface area contributed by atoms with Gasteiger partial charge in [-0.1, -0.05) is 92.7 Å². The van der Waals surface area contributed by atoms with Crippen LogP contribution in [0.5, 0.6) is 0 Å². The summed E-state index contributed by atoms with van der Waals surface area (Å²) in [5, 5.41) is 7.71. The van der Waals surface area contributed by atoms with E-state index in [4.69, 9.17) is 0 Å². The molecule has 4 aromatic heterocycles. The Morgan fingerprint density at radius 3 is 1.54 bits per heavy atom. The van der Waals surface area contributed by atoms with Gasteiger partial charge in [-0.05, 0) is 82.9 Å². The molecule has 4 heterocycles. The van der Waals surface area contributed by atoms with Crippen LogP contribution < -0.4 is 0 Å². The summed E-state index contributed by atoms with van der Waals surface area (Å²) in [7, 11) is 0. The summed E-state index contributed by atoms with van der Waals surface area (Å²) in [4.78, 5) is 0. The van der Waals surface area contributed by atoms with E-state index in [0.29, 0.717) is 0 Å². The van der Waals surface area contributed by atoms with Crippen LogP contribution in [0.3, 0.4) is 0 Å². The maximum absolute atomic E-state index is 2.52. The van der Waals surface area contributed by atoms with Crippen molar-refractivity contribution in [2.24, 2.45) is 0 Å². The molecule has 0 saturated heterocycles. The average molecular weight is 612 g/mol. The Morgan fingerprint density at radius 1 is 0.375 bits per heavy atom. The third-order valence-corrected chi connectivity index (χ3v) is 11.5. The molecule has 48 heavy (non-hydrogen) atoms. The lowest BCUT2D eigenvalue weighted by Gasteiger charge is -2.22. The summed E-state index contributed by atoms with van der Waals surface area (Å²) in [6, 6.07) is 52.5. The average Bonchev–Trinajstić information content (AvgIpc) is 3.81. The first-order valence-corrected chi connectivity index (χ1v) is 16.9. The minimum Gasteiger partial charge on any atom is -0.309 e. The number of fused-ring (bicyclic) bond motifs is 11. The van der Waals surface area contributed by atoms with E-state index in [2.05, 4.69) is 167 Å². The molecule has 0 radical (unpaired) electrons. The van der Waals surface area contributed by atoms with Crippen molar-refractivity contribution < 1.29 is 0 Å². The van der Waals surface area contributed by atoms with E-state index in [-0.39, 0.29) is 5.41 Å². The minimum atomic E-state index is -0.0775. The number of rotatable bonds is 1. The van der Waals surface area contributed by atoms with Crippen LogP contribution in [0.2, 0.25) is 0 Å². The van der Waals surface area contributed by atoms with Crippen molar-refractivity contribution in [2.45, 2.75) is 19.3 Å². The number of nitrogens with zero attached hydrogens (tertiary/aromatic N) is 3. The normalized spacial score (nSPS) is 14.2. The first kappa shape index (κ1) is 25.1. The molecule has 0 aliphatic heterocycles. The van der Waals surface area contributed by atoms with Gasteiger partial charge in [-0.3, -0.25) is 0 Å². The zero-order valence-corrected chi connectivity index (χ0v) is 26.6. The minimum absolute atomic E-state index is 0.0775. The standard InChI is InChI=1S/C45H29N3/c1-45(2)33-14-6-3-11-27(33)28-22-21-26(23-34(28)45)46-37-17-9-19-39-43(37)44-38(46)18-10-20-40(44)48-36-16-8-5-13-30(36)32-24-31-29-12-4-7-15-35(29)47(39)41(31)25-42(32)48/h3-25H,1-2H3. The highest BCUT2D eigenvalue weighted by atomic mass is 15.0. The fourth-order valence-corrected chi connectivity index (χ4v) is 9.50. The van der Waals surface area contributed by atoms with Crippen molar-refractivity contribution in [1.82, 2.24) is 13.4 Å². The molecule has 0 atom stereocenters. The van der Waals surface area contributed by atoms with E-state index in [0.717, 1.165) is 0 Å². The van der Waals surface area contributed by atoms with Crippen LogP contribution in [0.4, 0.5) is 0 Å². The summed E-state index contributed by atoms with van der Waals surface area (Å²) < 4.78 is 7.55. The van der Waals surface area contributed by atoms with Crippen molar-refractivity contribution in [1.29, 1.82) is 0 Å². The van der Waals surface area contributed by atoms with Crippen molar-refractivity contribution in [3.05, 3.63) is 151 Å². The van der Waals surface area contributed by atoms with Crippen LogP contribution >= 0.6 is 0 Å². The molecular formula is C45H29N3. The van der Waals surface area contributed by atoms with E-state index >= 15 is 0 Å². The van der Waals surface area contributed by atoms with Gasteiger partial charge in [0, 0.05) is 43.4 Å². The molecule has 0 amide bonds. The van der Waals surface area contributed by atoms with Gasteiger partial charge in [0.2, 0.25) is 0 Å². The van der Waals surface area contributed by atoms with E-state index in [9.17, 15) is 0 Å². The van der Waals surface area contributed by atoms with E-state index in [1.54, 1.807) is 0 Å². The van der Waals surface area contributed by atoms with Crippen molar-refractivity contribution >= 4 is 76.5 Å². The number of hydrogen-bond donors (Lipinski definition) is 0. The van der Waals surface area contributed by atoms with Gasteiger partial charge < -0.3 is 13.4 Å². The van der Waals surface area contributed by atoms with Crippen LogP contribution in [0.15, 0.2) is 140 Å². The summed E-state index contributed by atoms with van der Waals surface area (Å²) >= 11 is 0. The summed E-state index contributed by atoms with van der Waals surface area (Å²) in [6.45, 7) is 4.74. The predicted octanol–water partition coefficient (Wildman–Crippen LogP) is 11.6. The van der Waals surface area contributed by atoms with Gasteiger partial charge in [0.15, 0.2) is 0 Å². The monoisotopic (exact) mass is 611 g/mol. The Bertz CT molecular complexity index is 3040. The van der Waals surface area contributed by atoms with Crippen LogP contribution in [-0.4, -0.2) is 13.4 Å². The highest BCUT2D eigenvalue weighted by Gasteiger charge is 2.35. The Morgan fingerprint density at radius 2 is 0.896 bits per heavy atom. The fourth-order valence-electron chi connectivity index (χ4n) is 9.50. The topological polar surface area (TPSA) is 13.8 Å². The summed E-state index contributed by atoms with van der Waals surface area (Å²) in [5.74, 6) is 0. The van der Waals surface area contributed by atoms with Gasteiger partial charge in [-0.15, -0.1) is 0 Å². The van der Waals surface area contributed by atoms with E-state index in [1.165, 1.54) is 104 Å². The Balaban J connectivity index is 1.35. The van der Waals surface area contributed by atoms with Gasteiger partial charge in [0.25, 0.3) is 0 Å². The molecule has 3 heteroatoms. The highest BCUT2D eigenvalue weighted by molar-refractivity contribution is 6.26. The maximum Gasteiger partial charge on any atom is 0.0563 e. The van der Waals surface area contributed by atoms with Crippen molar-refractivity contribution in [2.75, 3.05) is 0 Å². The Labute approximate surface area is 275 Å². The molecular weight excluding hydrogens is 583 g/mol. The van der Waals surface area contributed by atoms with E-state index in [1.807, 2.05) is 0 Å². The number of aromatic nitrogens is 3. The Hall–Kier alpha value is -6.06. The number of hydrogen-bond acceptors (Lipinski definition) is 0. The van der Waals surface area contributed by atoms with Crippen molar-refractivity contribution in [3.63, 3.8) is 0 Å². The predicted molar refractivity (Wildman–Crippen MR) is 201 cm³/mol. The lowest BCUT2D eigenvalue weighted by Crippen LogP contribution is -2.15. The van der Waals surface area contributed by atoms with Gasteiger partial charge in [0.1, 0.15) is 0 Å². The maximum atomic E-state index is 2.52. The zero-order valence-electron chi connectivity index (χ0n) is 26.6. The van der Waals surface area contributed by atoms with Gasteiger partial charge in [-0.2, -0.15) is 0 Å². The number of para-hydroxylation sites is 2. The largest absolute Gasteiger partial charge is 0.309 e. The molecule has 12 rings (SSSR count). The first-order chi connectivity index (χ1) is 23.6. The molecule has 1 aliphatic carbocycles. The smallest absolute Gasteiger partial charge is 0.0563 e. The molecule has 11 aromatic rings. The Kier molecular flexibility index (Phi) is 4.31. The second-order valence-electron chi connectivity index (χ2n) is 14.2. The molecule has 0 N–H and O–H groups in total. The molecule has 0 spiro atoms. The third-order valence-electron chi connectivity index (χ3n) is 11.5. The lowest BCUT2D eigenvalue weighted by molar-refractivity contribution is 0.660. The van der Waals surface area contributed by atoms with Crippen molar-refractivity contribution in [3.8, 4) is 16.8 Å². The fraction of sp³-hybridized carbons (Fsp3) is 0.0667. The molecule has 0 unspecified atom stereocenters. The molecule has 0 fully saturated rings. The van der Waals surface area contributed by atoms with Gasteiger partial charge in [-0.25, -0.2) is 0 Å². The molecule has 224 valence electrons. The van der Waals surface area contributed by atoms with Gasteiger partial charge in [0.05, 0.1) is 44.1 Å². The summed E-state index contributed by atoms with van der Waals surface area (Å²) in [6.07, 6.45) is 0. The third kappa shape index (κ3) is 2.77. The molecule has 2 bridgehead atoms. The SMILES string of the molecule is CC1(C)c2ccccc2-c2ccc(-n3c4cccc5c4c4c3cccc4n3c4ccccc4c4cc6c7ccccc7n5c6cc43)cc21. The summed E-state index contributed by atoms with van der Waals surface area (Å²) in [5.41, 5.74) is 16.4. The number of benzene rings is 7. The van der Waals surface area contributed by atoms with Crippen LogP contribution in [0, 0.1) is 0 Å². The van der Waals surface area contributed by atoms with Gasteiger partial charge >= 0.3 is 0 Å². The highest BCUT2D eigenvalue weighted by Crippen LogP contribution is 2.50. The molecule has 0 saturated carbocycles. The lowest BCUT2D eigenvalue weighted by atomic mass is 9.82.